The van der Waals surface area contributed by atoms with E-state index in [-0.39, 0.29) is 23.0 Å². The van der Waals surface area contributed by atoms with Crippen LogP contribution < -0.4 is 15.2 Å². The fraction of sp³-hybridized carbons (Fsp3) is 0.188. The van der Waals surface area contributed by atoms with Crippen molar-refractivity contribution in [1.82, 2.24) is 0 Å². The minimum absolute atomic E-state index is 0.124. The number of amides is 1. The van der Waals surface area contributed by atoms with Gasteiger partial charge in [-0.15, -0.1) is 11.8 Å². The number of nitrogens with two attached hydrogens (primary N) is 1. The highest BCUT2D eigenvalue weighted by Gasteiger charge is 2.16. The first-order valence-corrected chi connectivity index (χ1v) is 10.1. The van der Waals surface area contributed by atoms with Gasteiger partial charge >= 0.3 is 0 Å². The maximum Gasteiger partial charge on any atom is 0.241 e. The largest absolute Gasteiger partial charge is 0.495 e. The summed E-state index contributed by atoms with van der Waals surface area (Å²) < 4.78 is 28.1. The molecule has 0 aromatic heterocycles. The van der Waals surface area contributed by atoms with Crippen LogP contribution in [0.2, 0.25) is 5.02 Å². The van der Waals surface area contributed by atoms with Gasteiger partial charge < -0.3 is 10.1 Å². The number of benzene rings is 2. The van der Waals surface area contributed by atoms with Crippen molar-refractivity contribution < 1.29 is 17.9 Å². The van der Waals surface area contributed by atoms with E-state index >= 15 is 0 Å². The monoisotopic (exact) mass is 400 g/mol. The lowest BCUT2D eigenvalue weighted by Gasteiger charge is -2.10. The summed E-state index contributed by atoms with van der Waals surface area (Å²) in [6.07, 6.45) is 0.268. The predicted octanol–water partition coefficient (Wildman–Crippen LogP) is 3.12. The third-order valence-electron chi connectivity index (χ3n) is 3.17. The smallest absolute Gasteiger partial charge is 0.241 e. The van der Waals surface area contributed by atoms with Crippen LogP contribution in [0.1, 0.15) is 6.42 Å². The Kier molecular flexibility index (Phi) is 6.71. The fourth-order valence-electron chi connectivity index (χ4n) is 1.99. The second-order valence-electron chi connectivity index (χ2n) is 5.01. The van der Waals surface area contributed by atoms with Crippen LogP contribution in [0.25, 0.3) is 0 Å². The molecule has 0 aliphatic heterocycles. The van der Waals surface area contributed by atoms with Crippen LogP contribution in [0.3, 0.4) is 0 Å². The molecule has 0 bridgehead atoms. The number of hydrogen-bond donors (Lipinski definition) is 2. The minimum atomic E-state index is -3.95. The van der Waals surface area contributed by atoms with E-state index in [1.54, 1.807) is 18.2 Å². The first-order chi connectivity index (χ1) is 11.8. The molecule has 0 saturated carbocycles. The molecular formula is C16H17ClN2O4S2. The molecule has 0 spiro atoms. The molecule has 2 rings (SSSR count). The Morgan fingerprint density at radius 1 is 1.24 bits per heavy atom. The Labute approximate surface area is 155 Å². The average molecular weight is 401 g/mol. The van der Waals surface area contributed by atoms with Gasteiger partial charge in [0.25, 0.3) is 0 Å². The molecule has 9 heteroatoms. The lowest BCUT2D eigenvalue weighted by molar-refractivity contribution is -0.115. The fourth-order valence-corrected chi connectivity index (χ4v) is 3.69. The Morgan fingerprint density at radius 2 is 1.92 bits per heavy atom. The molecule has 0 unspecified atom stereocenters. The highest BCUT2D eigenvalue weighted by atomic mass is 35.5. The third kappa shape index (κ3) is 5.93. The number of nitrogens with one attached hydrogen (secondary N) is 1. The number of ether oxygens (including phenoxy) is 1. The molecule has 0 aliphatic rings. The van der Waals surface area contributed by atoms with Crippen molar-refractivity contribution in [1.29, 1.82) is 0 Å². The maximum absolute atomic E-state index is 12.0. The number of sulfonamides is 1. The number of carbonyl (C=O) groups excluding carboxylic acids is 1. The van der Waals surface area contributed by atoms with Crippen molar-refractivity contribution >= 4 is 45.0 Å². The van der Waals surface area contributed by atoms with E-state index in [1.165, 1.54) is 31.0 Å². The normalized spacial score (nSPS) is 11.2. The number of hydrogen-bond acceptors (Lipinski definition) is 5. The number of primary sulfonamides is 1. The molecule has 1 amide bonds. The van der Waals surface area contributed by atoms with Crippen molar-refractivity contribution in [3.8, 4) is 5.75 Å². The molecule has 25 heavy (non-hydrogen) atoms. The number of anilines is 1. The summed E-state index contributed by atoms with van der Waals surface area (Å²) in [4.78, 5) is 12.8. The molecule has 0 heterocycles. The topological polar surface area (TPSA) is 98.5 Å². The summed E-state index contributed by atoms with van der Waals surface area (Å²) in [5.41, 5.74) is 0.339. The number of halogens is 1. The summed E-state index contributed by atoms with van der Waals surface area (Å²) >= 11 is 7.34. The van der Waals surface area contributed by atoms with Gasteiger partial charge in [0.05, 0.1) is 7.11 Å². The van der Waals surface area contributed by atoms with Crippen molar-refractivity contribution in [2.75, 3.05) is 18.2 Å². The molecule has 0 saturated heterocycles. The third-order valence-corrected chi connectivity index (χ3v) is 5.36. The molecule has 0 fully saturated rings. The average Bonchev–Trinajstić information content (AvgIpc) is 2.56. The number of thioether (sulfide) groups is 1. The summed E-state index contributed by atoms with van der Waals surface area (Å²) in [5.74, 6) is 0.469. The van der Waals surface area contributed by atoms with E-state index in [1.807, 2.05) is 12.1 Å². The van der Waals surface area contributed by atoms with Gasteiger partial charge in [-0.25, -0.2) is 13.6 Å². The quantitative estimate of drug-likeness (QED) is 0.696. The minimum Gasteiger partial charge on any atom is -0.495 e. The van der Waals surface area contributed by atoms with Gasteiger partial charge in [0.1, 0.15) is 10.6 Å². The van der Waals surface area contributed by atoms with E-state index in [4.69, 9.17) is 21.5 Å². The van der Waals surface area contributed by atoms with Crippen molar-refractivity contribution in [3.05, 3.63) is 47.5 Å². The zero-order valence-corrected chi connectivity index (χ0v) is 15.7. The highest BCUT2D eigenvalue weighted by Crippen LogP contribution is 2.26. The van der Waals surface area contributed by atoms with E-state index in [2.05, 4.69) is 5.32 Å². The van der Waals surface area contributed by atoms with Gasteiger partial charge in [0.2, 0.25) is 15.9 Å². The standard InChI is InChI=1S/C16H17ClN2O4S2/c1-23-14-7-4-12(10-15(14)25(18,21)22)19-16(20)8-9-24-13-5-2-11(17)3-6-13/h2-7,10H,8-9H2,1H3,(H,19,20)(H2,18,21,22). The van der Waals surface area contributed by atoms with Crippen LogP contribution in [0.4, 0.5) is 5.69 Å². The van der Waals surface area contributed by atoms with Crippen molar-refractivity contribution in [3.63, 3.8) is 0 Å². The molecule has 6 nitrogen and oxygen atoms in total. The summed E-state index contributed by atoms with van der Waals surface area (Å²) in [5, 5.41) is 8.47. The SMILES string of the molecule is COc1ccc(NC(=O)CCSc2ccc(Cl)cc2)cc1S(N)(=O)=O. The maximum atomic E-state index is 12.0. The molecular weight excluding hydrogens is 384 g/mol. The van der Waals surface area contributed by atoms with Crippen LogP contribution in [-0.2, 0) is 14.8 Å². The number of carbonyl (C=O) groups is 1. The number of methoxy groups -OCH3 is 1. The van der Waals surface area contributed by atoms with Crippen LogP contribution in [-0.4, -0.2) is 27.2 Å². The molecule has 2 aromatic carbocycles. The molecule has 0 atom stereocenters. The van der Waals surface area contributed by atoms with Crippen molar-refractivity contribution in [2.45, 2.75) is 16.2 Å². The van der Waals surface area contributed by atoms with Gasteiger partial charge in [-0.1, -0.05) is 11.6 Å². The van der Waals surface area contributed by atoms with Gasteiger partial charge in [-0.3, -0.25) is 4.79 Å². The van der Waals surface area contributed by atoms with Gasteiger partial charge in [0.15, 0.2) is 0 Å². The number of rotatable bonds is 7. The Balaban J connectivity index is 1.95. The molecule has 2 aromatic rings. The summed E-state index contributed by atoms with van der Waals surface area (Å²) in [6, 6.07) is 11.6. The summed E-state index contributed by atoms with van der Waals surface area (Å²) in [7, 11) is -2.61. The molecule has 0 aliphatic carbocycles. The van der Waals surface area contributed by atoms with Crippen LogP contribution in [0, 0.1) is 0 Å². The van der Waals surface area contributed by atoms with Gasteiger partial charge in [-0.05, 0) is 42.5 Å². The van der Waals surface area contributed by atoms with E-state index in [9.17, 15) is 13.2 Å². The zero-order chi connectivity index (χ0) is 18.4. The van der Waals surface area contributed by atoms with Crippen molar-refractivity contribution in [2.24, 2.45) is 5.14 Å². The van der Waals surface area contributed by atoms with Crippen LogP contribution >= 0.6 is 23.4 Å². The molecule has 134 valence electrons. The lowest BCUT2D eigenvalue weighted by Crippen LogP contribution is -2.16. The Morgan fingerprint density at radius 3 is 2.52 bits per heavy atom. The summed E-state index contributed by atoms with van der Waals surface area (Å²) in [6.45, 7) is 0. The lowest BCUT2D eigenvalue weighted by atomic mass is 10.3. The van der Waals surface area contributed by atoms with Gasteiger partial charge in [0, 0.05) is 27.8 Å². The van der Waals surface area contributed by atoms with Gasteiger partial charge in [-0.2, -0.15) is 0 Å². The van der Waals surface area contributed by atoms with Crippen LogP contribution in [0.15, 0.2) is 52.3 Å². The first kappa shape index (κ1) is 19.6. The van der Waals surface area contributed by atoms with E-state index in [0.717, 1.165) is 4.90 Å². The molecule has 0 radical (unpaired) electrons. The predicted molar refractivity (Wildman–Crippen MR) is 99.8 cm³/mol. The molecule has 3 N–H and O–H groups in total. The first-order valence-electron chi connectivity index (χ1n) is 7.18. The Hall–Kier alpha value is -1.74. The zero-order valence-electron chi connectivity index (χ0n) is 13.4. The highest BCUT2D eigenvalue weighted by molar-refractivity contribution is 7.99. The Bertz CT molecular complexity index is 855. The van der Waals surface area contributed by atoms with E-state index in [0.29, 0.717) is 16.5 Å². The van der Waals surface area contributed by atoms with Crippen LogP contribution in [0.5, 0.6) is 5.75 Å². The second kappa shape index (κ2) is 8.57. The second-order valence-corrected chi connectivity index (χ2v) is 8.15. The van der Waals surface area contributed by atoms with E-state index < -0.39 is 10.0 Å².